The molecule has 15 heteroatoms. The maximum Gasteiger partial charge on any atom is 0.411 e. The summed E-state index contributed by atoms with van der Waals surface area (Å²) in [5, 5.41) is 16.2. The first-order valence-electron chi connectivity index (χ1n) is 14.0. The van der Waals surface area contributed by atoms with E-state index in [4.69, 9.17) is 9.47 Å². The number of carboxylic acids is 1. The number of hydrogen-bond donors (Lipinski definition) is 2. The smallest absolute Gasteiger partial charge is 0.411 e. The number of aromatic nitrogens is 2. The van der Waals surface area contributed by atoms with E-state index in [1.54, 1.807) is 25.1 Å². The Balaban J connectivity index is 1.42. The van der Waals surface area contributed by atoms with Crippen LogP contribution in [0.2, 0.25) is 0 Å². The van der Waals surface area contributed by atoms with E-state index in [1.807, 2.05) is 0 Å². The number of nitrogens with zero attached hydrogens (tertiary/aromatic N) is 3. The predicted molar refractivity (Wildman–Crippen MR) is 150 cm³/mol. The molecule has 1 aromatic heterocycles. The fraction of sp³-hybridized carbons (Fsp3) is 0.400. The van der Waals surface area contributed by atoms with Crippen molar-refractivity contribution >= 4 is 17.6 Å². The summed E-state index contributed by atoms with van der Waals surface area (Å²) < 4.78 is 82.7. The van der Waals surface area contributed by atoms with Gasteiger partial charge in [-0.1, -0.05) is 12.1 Å². The van der Waals surface area contributed by atoms with Crippen molar-refractivity contribution in [2.24, 2.45) is 7.05 Å². The molecule has 1 amide bonds. The van der Waals surface area contributed by atoms with Gasteiger partial charge in [-0.25, -0.2) is 18.3 Å². The highest BCUT2D eigenvalue weighted by Gasteiger charge is 2.46. The molecule has 1 fully saturated rings. The van der Waals surface area contributed by atoms with E-state index in [-0.39, 0.29) is 25.1 Å². The third kappa shape index (κ3) is 6.48. The lowest BCUT2D eigenvalue weighted by molar-refractivity contribution is -0.167. The van der Waals surface area contributed by atoms with Gasteiger partial charge in [-0.2, -0.15) is 18.3 Å². The van der Waals surface area contributed by atoms with Gasteiger partial charge in [0, 0.05) is 31.3 Å². The molecule has 2 aliphatic rings. The molecule has 0 radical (unpaired) electrons. The molecular formula is C30H29F5N4O6. The zero-order valence-electron chi connectivity index (χ0n) is 24.2. The van der Waals surface area contributed by atoms with E-state index in [2.05, 4.69) is 10.4 Å². The minimum absolute atomic E-state index is 0.104. The van der Waals surface area contributed by atoms with Crippen LogP contribution in [0, 0.1) is 18.6 Å². The molecule has 0 unspecified atom stereocenters. The SMILES string of the molecule is Cc1cc(-c2ccc(C[C@H](NC(=O)c3c(F)cc(N4CCOC[C@@H]4C(F)(F)F)cc3F)C(=O)O)c3c2OCCC3)c(=O)n(C)n1. The van der Waals surface area contributed by atoms with Gasteiger partial charge in [-0.3, -0.25) is 9.59 Å². The predicted octanol–water partition coefficient (Wildman–Crippen LogP) is 3.55. The number of alkyl halides is 3. The Kier molecular flexibility index (Phi) is 8.83. The third-order valence-corrected chi connectivity index (χ3v) is 7.77. The van der Waals surface area contributed by atoms with Crippen LogP contribution in [-0.4, -0.2) is 71.4 Å². The Morgan fingerprint density at radius 3 is 2.51 bits per heavy atom. The number of aliphatic carboxylic acids is 1. The average molecular weight is 637 g/mol. The number of carbonyl (C=O) groups is 2. The second-order valence-corrected chi connectivity index (χ2v) is 10.8. The summed E-state index contributed by atoms with van der Waals surface area (Å²) in [7, 11) is 1.52. The molecular weight excluding hydrogens is 607 g/mol. The summed E-state index contributed by atoms with van der Waals surface area (Å²) in [6.07, 6.45) is -3.95. The van der Waals surface area contributed by atoms with Crippen LogP contribution in [0.5, 0.6) is 5.75 Å². The van der Waals surface area contributed by atoms with E-state index >= 15 is 8.78 Å². The van der Waals surface area contributed by atoms with E-state index in [0.717, 1.165) is 4.90 Å². The number of hydrogen-bond acceptors (Lipinski definition) is 7. The lowest BCUT2D eigenvalue weighted by Gasteiger charge is -2.38. The number of morpholine rings is 1. The maximum atomic E-state index is 15.1. The summed E-state index contributed by atoms with van der Waals surface area (Å²) in [6, 6.07) is 2.26. The van der Waals surface area contributed by atoms with Crippen molar-refractivity contribution < 1.29 is 46.1 Å². The van der Waals surface area contributed by atoms with Crippen LogP contribution in [0.15, 0.2) is 35.1 Å². The molecule has 240 valence electrons. The van der Waals surface area contributed by atoms with Crippen molar-refractivity contribution in [2.75, 3.05) is 31.3 Å². The highest BCUT2D eigenvalue weighted by molar-refractivity contribution is 5.97. The van der Waals surface area contributed by atoms with Gasteiger partial charge in [0.1, 0.15) is 35.0 Å². The van der Waals surface area contributed by atoms with Crippen molar-refractivity contribution in [2.45, 2.75) is 44.4 Å². The van der Waals surface area contributed by atoms with Gasteiger partial charge in [0.15, 0.2) is 0 Å². The number of anilines is 1. The van der Waals surface area contributed by atoms with Crippen molar-refractivity contribution in [1.29, 1.82) is 0 Å². The number of halogens is 5. The first kappa shape index (κ1) is 31.9. The van der Waals surface area contributed by atoms with Crippen LogP contribution < -0.4 is 20.5 Å². The summed E-state index contributed by atoms with van der Waals surface area (Å²) in [4.78, 5) is 38.8. The first-order valence-corrected chi connectivity index (χ1v) is 14.0. The lowest BCUT2D eigenvalue weighted by Crippen LogP contribution is -2.53. The number of benzene rings is 2. The monoisotopic (exact) mass is 636 g/mol. The molecule has 1 saturated heterocycles. The van der Waals surface area contributed by atoms with Crippen LogP contribution >= 0.6 is 0 Å². The van der Waals surface area contributed by atoms with Crippen molar-refractivity contribution in [3.05, 3.63) is 74.7 Å². The standard InChI is InChI=1S/C30H29F5N4O6/c1-15-10-20(28(41)38(2)37-15)19-6-5-16(18-4-3-8-45-26(18)19)11-23(29(42)43)36-27(40)25-21(31)12-17(13-22(25)32)39-7-9-44-14-24(39)30(33,34)35/h5-6,10,12-13,23-24H,3-4,7-9,11,14H2,1-2H3,(H,36,40)(H,42,43)/t23-,24+/m0/s1. The molecule has 2 aliphatic heterocycles. The minimum atomic E-state index is -4.74. The van der Waals surface area contributed by atoms with Gasteiger partial charge < -0.3 is 24.8 Å². The Labute approximate surface area is 253 Å². The second-order valence-electron chi connectivity index (χ2n) is 10.8. The number of carbonyl (C=O) groups excluding carboxylic acids is 1. The van der Waals surface area contributed by atoms with Gasteiger partial charge in [0.25, 0.3) is 11.5 Å². The largest absolute Gasteiger partial charge is 0.493 e. The molecule has 3 aromatic rings. The molecule has 3 heterocycles. The Hall–Kier alpha value is -4.53. The van der Waals surface area contributed by atoms with Gasteiger partial charge in [0.05, 0.1) is 31.1 Å². The van der Waals surface area contributed by atoms with Crippen molar-refractivity contribution in [3.8, 4) is 16.9 Å². The van der Waals surface area contributed by atoms with Gasteiger partial charge in [-0.05, 0) is 49.1 Å². The topological polar surface area (TPSA) is 123 Å². The van der Waals surface area contributed by atoms with Crippen LogP contribution in [0.1, 0.15) is 33.6 Å². The van der Waals surface area contributed by atoms with Gasteiger partial charge in [-0.15, -0.1) is 0 Å². The Bertz CT molecular complexity index is 1690. The molecule has 0 bridgehead atoms. The fourth-order valence-electron chi connectivity index (χ4n) is 5.66. The number of fused-ring (bicyclic) bond motifs is 1. The van der Waals surface area contributed by atoms with Crippen molar-refractivity contribution in [1.82, 2.24) is 15.1 Å². The number of aryl methyl sites for hydroxylation is 2. The summed E-state index contributed by atoms with van der Waals surface area (Å²) in [5.74, 6) is -5.40. The average Bonchev–Trinajstić information content (AvgIpc) is 2.98. The summed E-state index contributed by atoms with van der Waals surface area (Å²) in [6.45, 7) is 0.954. The molecule has 45 heavy (non-hydrogen) atoms. The highest BCUT2D eigenvalue weighted by Crippen LogP contribution is 2.38. The van der Waals surface area contributed by atoms with Gasteiger partial charge >= 0.3 is 12.1 Å². The number of amides is 1. The molecule has 0 aliphatic carbocycles. The van der Waals surface area contributed by atoms with Gasteiger partial charge in [0.2, 0.25) is 0 Å². The van der Waals surface area contributed by atoms with E-state index in [0.29, 0.717) is 65.3 Å². The molecule has 2 N–H and O–H groups in total. The van der Waals surface area contributed by atoms with Crippen LogP contribution in [0.3, 0.4) is 0 Å². The Morgan fingerprint density at radius 1 is 1.13 bits per heavy atom. The Morgan fingerprint density at radius 2 is 1.84 bits per heavy atom. The lowest BCUT2D eigenvalue weighted by atomic mass is 9.90. The van der Waals surface area contributed by atoms with Crippen molar-refractivity contribution in [3.63, 3.8) is 0 Å². The zero-order valence-corrected chi connectivity index (χ0v) is 24.2. The maximum absolute atomic E-state index is 15.1. The fourth-order valence-corrected chi connectivity index (χ4v) is 5.66. The van der Waals surface area contributed by atoms with E-state index in [1.165, 1.54) is 11.7 Å². The van der Waals surface area contributed by atoms with Crippen LogP contribution in [0.25, 0.3) is 11.1 Å². The van der Waals surface area contributed by atoms with Crippen LogP contribution in [-0.2, 0) is 29.4 Å². The molecule has 5 rings (SSSR count). The van der Waals surface area contributed by atoms with Crippen LogP contribution in [0.4, 0.5) is 27.6 Å². The number of carboxylic acid groups (broad SMARTS) is 1. The zero-order chi connectivity index (χ0) is 32.6. The van der Waals surface area contributed by atoms with E-state index in [9.17, 15) is 32.7 Å². The molecule has 0 spiro atoms. The molecule has 10 nitrogen and oxygen atoms in total. The number of rotatable bonds is 7. The summed E-state index contributed by atoms with van der Waals surface area (Å²) >= 11 is 0. The highest BCUT2D eigenvalue weighted by atomic mass is 19.4. The molecule has 2 atom stereocenters. The molecule has 2 aromatic carbocycles. The normalized spacial score (nSPS) is 17.3. The number of ether oxygens (including phenoxy) is 2. The molecule has 0 saturated carbocycles. The van der Waals surface area contributed by atoms with E-state index < -0.39 is 59.6 Å². The first-order chi connectivity index (χ1) is 21.3. The number of nitrogens with one attached hydrogen (secondary N) is 1. The quantitative estimate of drug-likeness (QED) is 0.378. The second kappa shape index (κ2) is 12.5. The minimum Gasteiger partial charge on any atom is -0.493 e. The summed E-state index contributed by atoms with van der Waals surface area (Å²) in [5.41, 5.74) is 0.593. The third-order valence-electron chi connectivity index (χ3n) is 7.77.